The quantitative estimate of drug-likeness (QED) is 0.570. The van der Waals surface area contributed by atoms with Gasteiger partial charge in [0.05, 0.1) is 0 Å². The summed E-state index contributed by atoms with van der Waals surface area (Å²) in [7, 11) is 0. The number of alkyl carbamates (subject to hydrolysis) is 1. The van der Waals surface area contributed by atoms with E-state index in [1.165, 1.54) is 18.1 Å². The number of amides is 2. The summed E-state index contributed by atoms with van der Waals surface area (Å²) in [5.74, 6) is -1.38. The first-order valence-corrected chi connectivity index (χ1v) is 10.5. The molecule has 3 N–H and O–H groups in total. The number of fused-ring (bicyclic) bond motifs is 3. The molecule has 0 bridgehead atoms. The maximum atomic E-state index is 12.3. The first-order chi connectivity index (χ1) is 14.9. The van der Waals surface area contributed by atoms with E-state index in [2.05, 4.69) is 34.9 Å². The summed E-state index contributed by atoms with van der Waals surface area (Å²) < 4.78 is 5.52. The second-order valence-electron chi connectivity index (χ2n) is 7.89. The van der Waals surface area contributed by atoms with Gasteiger partial charge in [0.25, 0.3) is 0 Å². The first kappa shape index (κ1) is 22.3. The molecule has 0 aliphatic heterocycles. The van der Waals surface area contributed by atoms with E-state index in [1.54, 1.807) is 0 Å². The fourth-order valence-electron chi connectivity index (χ4n) is 3.86. The number of aliphatic carboxylic acids is 1. The Morgan fingerprint density at radius 3 is 2.13 bits per heavy atom. The first-order valence-electron chi connectivity index (χ1n) is 10.5. The summed E-state index contributed by atoms with van der Waals surface area (Å²) >= 11 is 0. The van der Waals surface area contributed by atoms with Crippen molar-refractivity contribution in [2.45, 2.75) is 51.1 Å². The zero-order valence-electron chi connectivity index (χ0n) is 17.8. The molecule has 0 aromatic heterocycles. The Kier molecular flexibility index (Phi) is 7.28. The largest absolute Gasteiger partial charge is 0.480 e. The Balaban J connectivity index is 1.44. The second-order valence-corrected chi connectivity index (χ2v) is 7.89. The van der Waals surface area contributed by atoms with Crippen LogP contribution in [0, 0.1) is 0 Å². The Hall–Kier alpha value is -3.35. The highest BCUT2D eigenvalue weighted by Crippen LogP contribution is 2.44. The SMILES string of the molecule is CC(CCCC(=O)N[C@H](C)C(=O)O)NC(=O)OCC1c2ccccc2-c2ccccc21. The number of carboxylic acids is 1. The zero-order chi connectivity index (χ0) is 22.4. The van der Waals surface area contributed by atoms with E-state index in [4.69, 9.17) is 9.84 Å². The van der Waals surface area contributed by atoms with Crippen LogP contribution < -0.4 is 10.6 Å². The van der Waals surface area contributed by atoms with Crippen LogP contribution in [0.2, 0.25) is 0 Å². The Morgan fingerprint density at radius 2 is 1.55 bits per heavy atom. The van der Waals surface area contributed by atoms with Gasteiger partial charge in [0.2, 0.25) is 5.91 Å². The van der Waals surface area contributed by atoms with Crippen molar-refractivity contribution in [2.24, 2.45) is 0 Å². The lowest BCUT2D eigenvalue weighted by molar-refractivity contribution is -0.141. The van der Waals surface area contributed by atoms with Gasteiger partial charge in [-0.25, -0.2) is 4.79 Å². The van der Waals surface area contributed by atoms with Crippen molar-refractivity contribution in [3.63, 3.8) is 0 Å². The van der Waals surface area contributed by atoms with E-state index in [-0.39, 0.29) is 30.9 Å². The van der Waals surface area contributed by atoms with Crippen molar-refractivity contribution in [1.29, 1.82) is 0 Å². The molecule has 2 amide bonds. The van der Waals surface area contributed by atoms with E-state index in [0.717, 1.165) is 11.1 Å². The normalized spacial score (nSPS) is 14.1. The molecule has 2 aromatic rings. The van der Waals surface area contributed by atoms with Crippen LogP contribution in [0.3, 0.4) is 0 Å². The van der Waals surface area contributed by atoms with Crippen molar-refractivity contribution in [1.82, 2.24) is 10.6 Å². The lowest BCUT2D eigenvalue weighted by Crippen LogP contribution is -2.38. The summed E-state index contributed by atoms with van der Waals surface area (Å²) in [5, 5.41) is 14.0. The second kappa shape index (κ2) is 10.1. The number of carbonyl (C=O) groups is 3. The topological polar surface area (TPSA) is 105 Å². The lowest BCUT2D eigenvalue weighted by Gasteiger charge is -2.17. The molecule has 0 saturated heterocycles. The average Bonchev–Trinajstić information content (AvgIpc) is 3.06. The van der Waals surface area contributed by atoms with E-state index >= 15 is 0 Å². The van der Waals surface area contributed by atoms with E-state index in [9.17, 15) is 14.4 Å². The average molecular weight is 424 g/mol. The molecule has 1 unspecified atom stereocenters. The summed E-state index contributed by atoms with van der Waals surface area (Å²) in [6, 6.07) is 15.2. The van der Waals surface area contributed by atoms with Crippen LogP contribution >= 0.6 is 0 Å². The standard InChI is InChI=1S/C24H28N2O5/c1-15(8-7-13-22(27)26-16(2)23(28)29)25-24(30)31-14-21-19-11-5-3-9-17(19)18-10-4-6-12-20(18)21/h3-6,9-12,15-16,21H,7-8,13-14H2,1-2H3,(H,25,30)(H,26,27)(H,28,29)/t15?,16-/m1/s1. The van der Waals surface area contributed by atoms with Crippen molar-refractivity contribution in [3.05, 3.63) is 59.7 Å². The molecule has 0 fully saturated rings. The predicted molar refractivity (Wildman–Crippen MR) is 117 cm³/mol. The van der Waals surface area contributed by atoms with Crippen LogP contribution in [0.15, 0.2) is 48.5 Å². The van der Waals surface area contributed by atoms with Crippen molar-refractivity contribution < 1.29 is 24.2 Å². The highest BCUT2D eigenvalue weighted by molar-refractivity contribution is 5.83. The molecule has 0 saturated carbocycles. The number of carboxylic acid groups (broad SMARTS) is 1. The van der Waals surface area contributed by atoms with Gasteiger partial charge in [-0.05, 0) is 48.9 Å². The number of hydrogen-bond acceptors (Lipinski definition) is 4. The molecule has 7 heteroatoms. The highest BCUT2D eigenvalue weighted by atomic mass is 16.5. The van der Waals surface area contributed by atoms with Gasteiger partial charge in [0.1, 0.15) is 12.6 Å². The van der Waals surface area contributed by atoms with E-state index in [1.807, 2.05) is 31.2 Å². The molecule has 0 spiro atoms. The molecule has 0 heterocycles. The van der Waals surface area contributed by atoms with Crippen LogP contribution in [0.4, 0.5) is 4.79 Å². The van der Waals surface area contributed by atoms with Gasteiger partial charge in [-0.15, -0.1) is 0 Å². The van der Waals surface area contributed by atoms with Crippen LogP contribution in [0.1, 0.15) is 50.2 Å². The minimum atomic E-state index is -1.07. The van der Waals surface area contributed by atoms with Gasteiger partial charge >= 0.3 is 12.1 Å². The summed E-state index contributed by atoms with van der Waals surface area (Å²) in [6.07, 6.45) is 0.828. The summed E-state index contributed by atoms with van der Waals surface area (Å²) in [6.45, 7) is 3.52. The maximum Gasteiger partial charge on any atom is 0.407 e. The van der Waals surface area contributed by atoms with Crippen molar-refractivity contribution in [3.8, 4) is 11.1 Å². The summed E-state index contributed by atoms with van der Waals surface area (Å²) in [4.78, 5) is 34.8. The van der Waals surface area contributed by atoms with Crippen molar-refractivity contribution >= 4 is 18.0 Å². The predicted octanol–water partition coefficient (Wildman–Crippen LogP) is 3.67. The molecule has 3 rings (SSSR count). The fraction of sp³-hybridized carbons (Fsp3) is 0.375. The molecule has 2 atom stereocenters. The molecule has 1 aliphatic carbocycles. The molecular weight excluding hydrogens is 396 g/mol. The van der Waals surface area contributed by atoms with Gasteiger partial charge in [0, 0.05) is 18.4 Å². The van der Waals surface area contributed by atoms with Crippen LogP contribution in [-0.4, -0.2) is 41.8 Å². The number of ether oxygens (including phenoxy) is 1. The minimum absolute atomic E-state index is 0.00776. The van der Waals surface area contributed by atoms with Gasteiger partial charge in [-0.3, -0.25) is 9.59 Å². The van der Waals surface area contributed by atoms with Gasteiger partial charge in [0.15, 0.2) is 0 Å². The third-order valence-corrected chi connectivity index (χ3v) is 5.50. The number of benzene rings is 2. The van der Waals surface area contributed by atoms with E-state index < -0.39 is 18.1 Å². The third kappa shape index (κ3) is 5.63. The molecule has 7 nitrogen and oxygen atoms in total. The Bertz CT molecular complexity index is 913. The fourth-order valence-corrected chi connectivity index (χ4v) is 3.86. The molecular formula is C24H28N2O5. The van der Waals surface area contributed by atoms with Crippen LogP contribution in [-0.2, 0) is 14.3 Å². The van der Waals surface area contributed by atoms with Gasteiger partial charge in [-0.1, -0.05) is 48.5 Å². The zero-order valence-corrected chi connectivity index (χ0v) is 17.8. The molecule has 31 heavy (non-hydrogen) atoms. The molecule has 1 aliphatic rings. The van der Waals surface area contributed by atoms with E-state index in [0.29, 0.717) is 12.8 Å². The number of nitrogens with one attached hydrogen (secondary N) is 2. The van der Waals surface area contributed by atoms with Crippen LogP contribution in [0.5, 0.6) is 0 Å². The van der Waals surface area contributed by atoms with Crippen molar-refractivity contribution in [2.75, 3.05) is 6.61 Å². The Morgan fingerprint density at radius 1 is 0.968 bits per heavy atom. The maximum absolute atomic E-state index is 12.3. The minimum Gasteiger partial charge on any atom is -0.480 e. The van der Waals surface area contributed by atoms with Gasteiger partial charge < -0.3 is 20.5 Å². The number of hydrogen-bond donors (Lipinski definition) is 3. The third-order valence-electron chi connectivity index (χ3n) is 5.50. The van der Waals surface area contributed by atoms with Gasteiger partial charge in [-0.2, -0.15) is 0 Å². The monoisotopic (exact) mass is 424 g/mol. The van der Waals surface area contributed by atoms with Crippen LogP contribution in [0.25, 0.3) is 11.1 Å². The smallest absolute Gasteiger partial charge is 0.407 e. The summed E-state index contributed by atoms with van der Waals surface area (Å²) in [5.41, 5.74) is 4.67. The molecule has 0 radical (unpaired) electrons. The molecule has 164 valence electrons. The molecule has 2 aromatic carbocycles. The lowest BCUT2D eigenvalue weighted by atomic mass is 9.98. The number of rotatable bonds is 9. The highest BCUT2D eigenvalue weighted by Gasteiger charge is 2.29. The Labute approximate surface area is 181 Å². The number of carbonyl (C=O) groups excluding carboxylic acids is 2.